The van der Waals surface area contributed by atoms with Crippen molar-refractivity contribution in [3.8, 4) is 0 Å². The van der Waals surface area contributed by atoms with Gasteiger partial charge >= 0.3 is 0 Å². The van der Waals surface area contributed by atoms with Crippen molar-refractivity contribution in [2.75, 3.05) is 6.61 Å². The van der Waals surface area contributed by atoms with Crippen molar-refractivity contribution < 1.29 is 14.3 Å². The second-order valence-corrected chi connectivity index (χ2v) is 4.83. The molecule has 98 valence electrons. The van der Waals surface area contributed by atoms with Gasteiger partial charge in [0.15, 0.2) is 0 Å². The lowest BCUT2D eigenvalue weighted by Crippen LogP contribution is -2.62. The number of carbonyl (C=O) groups is 2. The van der Waals surface area contributed by atoms with Gasteiger partial charge in [-0.15, -0.1) is 0 Å². The van der Waals surface area contributed by atoms with Gasteiger partial charge in [0.2, 0.25) is 11.8 Å². The highest BCUT2D eigenvalue weighted by atomic mass is 16.5. The number of amides is 2. The van der Waals surface area contributed by atoms with Crippen LogP contribution in [0.4, 0.5) is 0 Å². The van der Waals surface area contributed by atoms with E-state index in [2.05, 4.69) is 5.32 Å². The molecule has 1 aliphatic rings. The molecule has 17 heavy (non-hydrogen) atoms. The number of nitrogens with two attached hydrogens (primary N) is 1. The standard InChI is InChI=1S/C12H22N2O3/c1-4-12(8(2)3,11(13)16)14-10(15)9-6-5-7-17-9/h8-9H,4-7H2,1-3H3,(H2,13,16)(H,14,15)/t9-,12-/m0/s1. The average molecular weight is 242 g/mol. The Morgan fingerprint density at radius 1 is 1.53 bits per heavy atom. The van der Waals surface area contributed by atoms with E-state index in [9.17, 15) is 9.59 Å². The average Bonchev–Trinajstić information content (AvgIpc) is 2.77. The Kier molecular flexibility index (Phi) is 4.51. The monoisotopic (exact) mass is 242 g/mol. The van der Waals surface area contributed by atoms with Crippen molar-refractivity contribution in [1.82, 2.24) is 5.32 Å². The van der Waals surface area contributed by atoms with Crippen molar-refractivity contribution in [2.45, 2.75) is 51.7 Å². The molecule has 1 aliphatic heterocycles. The van der Waals surface area contributed by atoms with Gasteiger partial charge in [-0.1, -0.05) is 20.8 Å². The van der Waals surface area contributed by atoms with Gasteiger partial charge in [-0.25, -0.2) is 0 Å². The molecule has 0 bridgehead atoms. The third kappa shape index (κ3) is 2.77. The predicted molar refractivity (Wildman–Crippen MR) is 64.2 cm³/mol. The van der Waals surface area contributed by atoms with E-state index in [0.29, 0.717) is 19.4 Å². The minimum absolute atomic E-state index is 0.0460. The zero-order chi connectivity index (χ0) is 13.1. The van der Waals surface area contributed by atoms with Gasteiger partial charge in [0, 0.05) is 6.61 Å². The highest BCUT2D eigenvalue weighted by Gasteiger charge is 2.41. The fourth-order valence-electron chi connectivity index (χ4n) is 2.25. The van der Waals surface area contributed by atoms with Crippen LogP contribution in [0.3, 0.4) is 0 Å². The molecule has 0 aliphatic carbocycles. The summed E-state index contributed by atoms with van der Waals surface area (Å²) in [4.78, 5) is 23.6. The van der Waals surface area contributed by atoms with Crippen LogP contribution in [0.2, 0.25) is 0 Å². The Labute approximate surface area is 102 Å². The molecule has 1 fully saturated rings. The van der Waals surface area contributed by atoms with Gasteiger partial charge in [-0.05, 0) is 25.2 Å². The summed E-state index contributed by atoms with van der Waals surface area (Å²) in [5, 5.41) is 2.78. The van der Waals surface area contributed by atoms with Gasteiger partial charge < -0.3 is 15.8 Å². The van der Waals surface area contributed by atoms with Crippen molar-refractivity contribution in [2.24, 2.45) is 11.7 Å². The highest BCUT2D eigenvalue weighted by molar-refractivity contribution is 5.92. The van der Waals surface area contributed by atoms with Crippen LogP contribution in [-0.2, 0) is 14.3 Å². The molecule has 0 saturated carbocycles. The van der Waals surface area contributed by atoms with Gasteiger partial charge in [-0.3, -0.25) is 9.59 Å². The van der Waals surface area contributed by atoms with Crippen LogP contribution in [0.1, 0.15) is 40.0 Å². The maximum absolute atomic E-state index is 12.0. The van der Waals surface area contributed by atoms with E-state index in [0.717, 1.165) is 6.42 Å². The fraction of sp³-hybridized carbons (Fsp3) is 0.833. The fourth-order valence-corrected chi connectivity index (χ4v) is 2.25. The Bertz CT molecular complexity index is 298. The third-order valence-electron chi connectivity index (χ3n) is 3.55. The molecule has 1 heterocycles. The molecule has 5 heteroatoms. The van der Waals surface area contributed by atoms with Crippen molar-refractivity contribution >= 4 is 11.8 Å². The van der Waals surface area contributed by atoms with Gasteiger partial charge in [0.25, 0.3) is 0 Å². The number of ether oxygens (including phenoxy) is 1. The van der Waals surface area contributed by atoms with Crippen LogP contribution >= 0.6 is 0 Å². The summed E-state index contributed by atoms with van der Waals surface area (Å²) in [6, 6.07) is 0. The summed E-state index contributed by atoms with van der Waals surface area (Å²) < 4.78 is 5.30. The highest BCUT2D eigenvalue weighted by Crippen LogP contribution is 2.22. The molecule has 0 aromatic carbocycles. The zero-order valence-corrected chi connectivity index (χ0v) is 10.8. The third-order valence-corrected chi connectivity index (χ3v) is 3.55. The Balaban J connectivity index is 2.78. The first kappa shape index (κ1) is 14.0. The van der Waals surface area contributed by atoms with Gasteiger partial charge in [-0.2, -0.15) is 0 Å². The van der Waals surface area contributed by atoms with Crippen molar-refractivity contribution in [3.05, 3.63) is 0 Å². The molecule has 3 N–H and O–H groups in total. The first-order valence-corrected chi connectivity index (χ1v) is 6.17. The molecule has 0 radical (unpaired) electrons. The molecule has 1 rings (SSSR count). The predicted octanol–water partition coefficient (Wildman–Crippen LogP) is 0.572. The lowest BCUT2D eigenvalue weighted by Gasteiger charge is -2.35. The molecule has 0 unspecified atom stereocenters. The summed E-state index contributed by atoms with van der Waals surface area (Å²) in [5.74, 6) is -0.756. The summed E-state index contributed by atoms with van der Waals surface area (Å²) in [6.45, 7) is 6.21. The lowest BCUT2D eigenvalue weighted by molar-refractivity contribution is -0.138. The van der Waals surface area contributed by atoms with E-state index < -0.39 is 17.6 Å². The SMILES string of the molecule is CC[C@@](NC(=O)[C@@H]1CCCO1)(C(N)=O)C(C)C. The first-order valence-electron chi connectivity index (χ1n) is 6.17. The van der Waals surface area contributed by atoms with E-state index in [1.54, 1.807) is 0 Å². The van der Waals surface area contributed by atoms with Crippen LogP contribution in [-0.4, -0.2) is 30.1 Å². The Morgan fingerprint density at radius 3 is 2.53 bits per heavy atom. The summed E-state index contributed by atoms with van der Waals surface area (Å²) in [6.07, 6.45) is 1.65. The van der Waals surface area contributed by atoms with E-state index in [1.807, 2.05) is 20.8 Å². The van der Waals surface area contributed by atoms with E-state index in [4.69, 9.17) is 10.5 Å². The first-order chi connectivity index (χ1) is 7.94. The normalized spacial score (nSPS) is 23.4. The second-order valence-electron chi connectivity index (χ2n) is 4.83. The quantitative estimate of drug-likeness (QED) is 0.739. The topological polar surface area (TPSA) is 81.4 Å². The molecular weight excluding hydrogens is 220 g/mol. The number of hydrogen-bond acceptors (Lipinski definition) is 3. The number of nitrogens with one attached hydrogen (secondary N) is 1. The Hall–Kier alpha value is -1.10. The van der Waals surface area contributed by atoms with Gasteiger partial charge in [0.1, 0.15) is 11.6 Å². The van der Waals surface area contributed by atoms with Crippen LogP contribution in [0, 0.1) is 5.92 Å². The molecule has 5 nitrogen and oxygen atoms in total. The Morgan fingerprint density at radius 2 is 2.18 bits per heavy atom. The molecule has 0 spiro atoms. The summed E-state index contributed by atoms with van der Waals surface area (Å²) in [7, 11) is 0. The van der Waals surface area contributed by atoms with Crippen LogP contribution in [0.15, 0.2) is 0 Å². The summed E-state index contributed by atoms with van der Waals surface area (Å²) >= 11 is 0. The molecule has 2 amide bonds. The maximum Gasteiger partial charge on any atom is 0.249 e. The molecule has 1 saturated heterocycles. The number of hydrogen-bond donors (Lipinski definition) is 2. The molecule has 0 aromatic rings. The number of carbonyl (C=O) groups excluding carboxylic acids is 2. The van der Waals surface area contributed by atoms with Crippen LogP contribution in [0.5, 0.6) is 0 Å². The van der Waals surface area contributed by atoms with Crippen molar-refractivity contribution in [1.29, 1.82) is 0 Å². The molecular formula is C12H22N2O3. The van der Waals surface area contributed by atoms with E-state index >= 15 is 0 Å². The van der Waals surface area contributed by atoms with Crippen LogP contribution < -0.4 is 11.1 Å². The minimum atomic E-state index is -0.969. The summed E-state index contributed by atoms with van der Waals surface area (Å²) in [5.41, 5.74) is 4.47. The van der Waals surface area contributed by atoms with E-state index in [1.165, 1.54) is 0 Å². The zero-order valence-electron chi connectivity index (χ0n) is 10.8. The largest absolute Gasteiger partial charge is 0.368 e. The molecule has 0 aromatic heterocycles. The molecule has 2 atom stereocenters. The minimum Gasteiger partial charge on any atom is -0.368 e. The number of primary amides is 1. The van der Waals surface area contributed by atoms with Crippen LogP contribution in [0.25, 0.3) is 0 Å². The van der Waals surface area contributed by atoms with E-state index in [-0.39, 0.29) is 11.8 Å². The second kappa shape index (κ2) is 5.49. The lowest BCUT2D eigenvalue weighted by atomic mass is 9.83. The number of rotatable bonds is 5. The van der Waals surface area contributed by atoms with Gasteiger partial charge in [0.05, 0.1) is 0 Å². The smallest absolute Gasteiger partial charge is 0.249 e. The maximum atomic E-state index is 12.0. The van der Waals surface area contributed by atoms with Crippen molar-refractivity contribution in [3.63, 3.8) is 0 Å².